The molecule has 0 radical (unpaired) electrons. The maximum atomic E-state index is 6.00. The average Bonchev–Trinajstić information content (AvgIpc) is 2.25. The molecule has 2 heteroatoms. The molecule has 1 rings (SSSR count). The standard InChI is InChI=1S/C13H26O2/c1-5-11-9-14-13(8-7-10(3)4)12(6-2)15-11/h10-13H,5-9H2,1-4H3. The minimum absolute atomic E-state index is 0.322. The number of hydrogen-bond donors (Lipinski definition) is 0. The van der Waals surface area contributed by atoms with E-state index in [0.29, 0.717) is 18.3 Å². The Morgan fingerprint density at radius 3 is 2.40 bits per heavy atom. The van der Waals surface area contributed by atoms with Gasteiger partial charge in [-0.3, -0.25) is 0 Å². The molecule has 0 aromatic heterocycles. The van der Waals surface area contributed by atoms with Crippen molar-refractivity contribution in [2.45, 2.75) is 71.7 Å². The Morgan fingerprint density at radius 2 is 1.87 bits per heavy atom. The summed E-state index contributed by atoms with van der Waals surface area (Å²) in [5, 5.41) is 0. The zero-order chi connectivity index (χ0) is 11.3. The third kappa shape index (κ3) is 4.12. The fourth-order valence-electron chi connectivity index (χ4n) is 2.05. The Balaban J connectivity index is 2.36. The number of rotatable bonds is 5. The van der Waals surface area contributed by atoms with Crippen LogP contribution >= 0.6 is 0 Å². The van der Waals surface area contributed by atoms with Gasteiger partial charge in [-0.25, -0.2) is 0 Å². The molecule has 1 saturated heterocycles. The molecule has 0 spiro atoms. The van der Waals surface area contributed by atoms with Crippen molar-refractivity contribution in [2.24, 2.45) is 5.92 Å². The van der Waals surface area contributed by atoms with Crippen LogP contribution in [0.2, 0.25) is 0 Å². The molecule has 0 bridgehead atoms. The topological polar surface area (TPSA) is 18.5 Å². The van der Waals surface area contributed by atoms with E-state index in [0.717, 1.165) is 31.8 Å². The van der Waals surface area contributed by atoms with Gasteiger partial charge in [-0.2, -0.15) is 0 Å². The molecule has 0 saturated carbocycles. The van der Waals surface area contributed by atoms with Crippen molar-refractivity contribution in [3.05, 3.63) is 0 Å². The van der Waals surface area contributed by atoms with Crippen LogP contribution in [0.25, 0.3) is 0 Å². The van der Waals surface area contributed by atoms with E-state index in [-0.39, 0.29) is 0 Å². The van der Waals surface area contributed by atoms with E-state index in [1.807, 2.05) is 0 Å². The highest BCUT2D eigenvalue weighted by Gasteiger charge is 2.29. The molecular weight excluding hydrogens is 188 g/mol. The van der Waals surface area contributed by atoms with Gasteiger partial charge in [0.15, 0.2) is 0 Å². The minimum atomic E-state index is 0.322. The largest absolute Gasteiger partial charge is 0.373 e. The van der Waals surface area contributed by atoms with Crippen molar-refractivity contribution >= 4 is 0 Å². The smallest absolute Gasteiger partial charge is 0.0839 e. The quantitative estimate of drug-likeness (QED) is 0.698. The monoisotopic (exact) mass is 214 g/mol. The maximum absolute atomic E-state index is 6.00. The van der Waals surface area contributed by atoms with E-state index in [4.69, 9.17) is 9.47 Å². The molecule has 3 atom stereocenters. The SMILES string of the molecule is CCC1COC(CCC(C)C)C(CC)O1. The van der Waals surface area contributed by atoms with Gasteiger partial charge < -0.3 is 9.47 Å². The van der Waals surface area contributed by atoms with E-state index >= 15 is 0 Å². The van der Waals surface area contributed by atoms with Gasteiger partial charge in [0.25, 0.3) is 0 Å². The first-order valence-corrected chi connectivity index (χ1v) is 6.44. The number of hydrogen-bond acceptors (Lipinski definition) is 2. The van der Waals surface area contributed by atoms with Gasteiger partial charge >= 0.3 is 0 Å². The molecule has 1 aliphatic heterocycles. The van der Waals surface area contributed by atoms with Crippen LogP contribution in [0.15, 0.2) is 0 Å². The summed E-state index contributed by atoms with van der Waals surface area (Å²) < 4.78 is 11.9. The highest BCUT2D eigenvalue weighted by molar-refractivity contribution is 4.77. The normalized spacial score (nSPS) is 32.2. The summed E-state index contributed by atoms with van der Waals surface area (Å²) in [4.78, 5) is 0. The van der Waals surface area contributed by atoms with Crippen LogP contribution in [0.4, 0.5) is 0 Å². The third-order valence-electron chi connectivity index (χ3n) is 3.16. The molecule has 2 nitrogen and oxygen atoms in total. The molecule has 1 fully saturated rings. The van der Waals surface area contributed by atoms with Gasteiger partial charge in [-0.1, -0.05) is 27.7 Å². The van der Waals surface area contributed by atoms with Crippen molar-refractivity contribution in [3.8, 4) is 0 Å². The Hall–Kier alpha value is -0.0800. The predicted molar refractivity (Wildman–Crippen MR) is 63.1 cm³/mol. The summed E-state index contributed by atoms with van der Waals surface area (Å²) in [5.41, 5.74) is 0. The Morgan fingerprint density at radius 1 is 1.13 bits per heavy atom. The van der Waals surface area contributed by atoms with Crippen molar-refractivity contribution in [1.29, 1.82) is 0 Å². The van der Waals surface area contributed by atoms with Crippen LogP contribution in [-0.2, 0) is 9.47 Å². The minimum Gasteiger partial charge on any atom is -0.373 e. The lowest BCUT2D eigenvalue weighted by atomic mass is 9.99. The zero-order valence-corrected chi connectivity index (χ0v) is 10.7. The van der Waals surface area contributed by atoms with Crippen LogP contribution in [-0.4, -0.2) is 24.9 Å². The molecular formula is C13H26O2. The van der Waals surface area contributed by atoms with E-state index in [1.54, 1.807) is 0 Å². The highest BCUT2D eigenvalue weighted by Crippen LogP contribution is 2.23. The van der Waals surface area contributed by atoms with Crippen molar-refractivity contribution < 1.29 is 9.47 Å². The van der Waals surface area contributed by atoms with Crippen LogP contribution in [0.5, 0.6) is 0 Å². The van der Waals surface area contributed by atoms with E-state index in [1.165, 1.54) is 6.42 Å². The second-order valence-corrected chi connectivity index (χ2v) is 4.96. The molecule has 1 aliphatic rings. The van der Waals surface area contributed by atoms with Crippen LogP contribution in [0, 0.1) is 5.92 Å². The fraction of sp³-hybridized carbons (Fsp3) is 1.00. The molecule has 0 N–H and O–H groups in total. The number of ether oxygens (including phenoxy) is 2. The molecule has 0 aromatic rings. The van der Waals surface area contributed by atoms with Gasteiger partial charge in [0.2, 0.25) is 0 Å². The summed E-state index contributed by atoms with van der Waals surface area (Å²) in [6, 6.07) is 0. The molecule has 15 heavy (non-hydrogen) atoms. The lowest BCUT2D eigenvalue weighted by molar-refractivity contribution is -0.183. The van der Waals surface area contributed by atoms with E-state index in [2.05, 4.69) is 27.7 Å². The van der Waals surface area contributed by atoms with Gasteiger partial charge in [0.1, 0.15) is 0 Å². The van der Waals surface area contributed by atoms with Crippen LogP contribution < -0.4 is 0 Å². The van der Waals surface area contributed by atoms with E-state index in [9.17, 15) is 0 Å². The first-order valence-electron chi connectivity index (χ1n) is 6.44. The summed E-state index contributed by atoms with van der Waals surface area (Å²) in [5.74, 6) is 0.759. The van der Waals surface area contributed by atoms with Crippen LogP contribution in [0.1, 0.15) is 53.4 Å². The second kappa shape index (κ2) is 6.49. The van der Waals surface area contributed by atoms with Gasteiger partial charge in [-0.15, -0.1) is 0 Å². The van der Waals surface area contributed by atoms with Gasteiger partial charge in [0, 0.05) is 0 Å². The molecule has 3 unspecified atom stereocenters. The molecule has 0 amide bonds. The molecule has 90 valence electrons. The Bertz CT molecular complexity index is 168. The predicted octanol–water partition coefficient (Wildman–Crippen LogP) is 3.40. The summed E-state index contributed by atoms with van der Waals surface area (Å²) in [6.45, 7) is 9.67. The fourth-order valence-corrected chi connectivity index (χ4v) is 2.05. The summed E-state index contributed by atoms with van der Waals surface area (Å²) >= 11 is 0. The molecule has 0 aromatic carbocycles. The first kappa shape index (κ1) is 13.0. The maximum Gasteiger partial charge on any atom is 0.0839 e. The van der Waals surface area contributed by atoms with Crippen molar-refractivity contribution in [1.82, 2.24) is 0 Å². The van der Waals surface area contributed by atoms with Crippen LogP contribution in [0.3, 0.4) is 0 Å². The zero-order valence-electron chi connectivity index (χ0n) is 10.7. The molecule has 0 aliphatic carbocycles. The Kier molecular flexibility index (Phi) is 5.62. The second-order valence-electron chi connectivity index (χ2n) is 4.96. The first-order chi connectivity index (χ1) is 7.17. The summed E-state index contributed by atoms with van der Waals surface area (Å²) in [7, 11) is 0. The highest BCUT2D eigenvalue weighted by atomic mass is 16.6. The molecule has 1 heterocycles. The average molecular weight is 214 g/mol. The lowest BCUT2D eigenvalue weighted by Gasteiger charge is -2.36. The van der Waals surface area contributed by atoms with Gasteiger partial charge in [-0.05, 0) is 31.6 Å². The third-order valence-corrected chi connectivity index (χ3v) is 3.16. The lowest BCUT2D eigenvalue weighted by Crippen LogP contribution is -2.43. The van der Waals surface area contributed by atoms with Crippen molar-refractivity contribution in [3.63, 3.8) is 0 Å². The summed E-state index contributed by atoms with van der Waals surface area (Å²) in [6.07, 6.45) is 5.49. The van der Waals surface area contributed by atoms with Crippen molar-refractivity contribution in [2.75, 3.05) is 6.61 Å². The van der Waals surface area contributed by atoms with E-state index < -0.39 is 0 Å². The Labute approximate surface area is 94.3 Å². The van der Waals surface area contributed by atoms with Gasteiger partial charge in [0.05, 0.1) is 24.9 Å².